The summed E-state index contributed by atoms with van der Waals surface area (Å²) in [7, 11) is -0.390. The largest absolute Gasteiger partial charge is 0.147 e. The molecular formula is C20H33Cl2HfNSi. The molecule has 0 spiro atoms. The Morgan fingerprint density at radius 2 is 1.52 bits per heavy atom. The molecule has 0 aliphatic heterocycles. The molecule has 1 aromatic carbocycles. The zero-order valence-electron chi connectivity index (χ0n) is 16.8. The normalized spacial score (nSPS) is 20.8. The van der Waals surface area contributed by atoms with Gasteiger partial charge < -0.3 is 0 Å². The van der Waals surface area contributed by atoms with Crippen molar-refractivity contribution < 1.29 is 23.2 Å². The smallest absolute Gasteiger partial charge is 0.147 e. The Balaban J connectivity index is 0.00000288. The SMILES string of the molecule is CC1=C(C)C(C)([SiH2]c2ccccc2C)[C]([Hf][NH]C(C)(C)C)=C1C.Cl.Cl. The monoisotopic (exact) mass is 565 g/mol. The van der Waals surface area contributed by atoms with Crippen LogP contribution in [0.1, 0.15) is 54.0 Å². The number of hydrogen-bond acceptors (Lipinski definition) is 1. The summed E-state index contributed by atoms with van der Waals surface area (Å²) in [5.74, 6) is 0. The van der Waals surface area contributed by atoms with Gasteiger partial charge in [0.2, 0.25) is 0 Å². The van der Waals surface area contributed by atoms with Crippen molar-refractivity contribution in [2.75, 3.05) is 0 Å². The molecule has 1 aromatic rings. The number of halogens is 2. The molecule has 1 aliphatic carbocycles. The van der Waals surface area contributed by atoms with Gasteiger partial charge in [-0.05, 0) is 0 Å². The molecule has 0 aromatic heterocycles. The molecule has 0 saturated heterocycles. The zero-order valence-corrected chi connectivity index (χ0v) is 23.5. The van der Waals surface area contributed by atoms with Crippen LogP contribution in [0.4, 0.5) is 0 Å². The van der Waals surface area contributed by atoms with Crippen molar-refractivity contribution in [1.29, 1.82) is 0 Å². The number of hydrogen-bond donors (Lipinski definition) is 1. The van der Waals surface area contributed by atoms with E-state index in [1.807, 2.05) is 3.33 Å². The first-order valence-electron chi connectivity index (χ1n) is 8.53. The van der Waals surface area contributed by atoms with Crippen molar-refractivity contribution in [1.82, 2.24) is 3.30 Å². The summed E-state index contributed by atoms with van der Waals surface area (Å²) in [4.78, 5) is 0. The molecule has 0 radical (unpaired) electrons. The van der Waals surface area contributed by atoms with Gasteiger partial charge in [0.25, 0.3) is 0 Å². The molecule has 0 heterocycles. The first-order valence-corrected chi connectivity index (χ1v) is 13.5. The molecule has 1 N–H and O–H groups in total. The van der Waals surface area contributed by atoms with E-state index in [-0.39, 0.29) is 30.4 Å². The van der Waals surface area contributed by atoms with E-state index >= 15 is 0 Å². The van der Waals surface area contributed by atoms with Crippen LogP contribution in [0.5, 0.6) is 0 Å². The first kappa shape index (κ1) is 25.3. The fraction of sp³-hybridized carbons (Fsp3) is 0.500. The maximum atomic E-state index is 3.92. The third kappa shape index (κ3) is 5.65. The van der Waals surface area contributed by atoms with Crippen LogP contribution in [0.15, 0.2) is 44.3 Å². The summed E-state index contributed by atoms with van der Waals surface area (Å²) in [6.07, 6.45) is 0. The number of rotatable bonds is 4. The molecule has 1 unspecified atom stereocenters. The summed E-state index contributed by atoms with van der Waals surface area (Å²) in [6, 6.07) is 9.02. The number of aryl methyl sites for hydroxylation is 1. The molecule has 5 heteroatoms. The summed E-state index contributed by atoms with van der Waals surface area (Å²) in [5, 5.41) is 1.98. The van der Waals surface area contributed by atoms with Crippen molar-refractivity contribution in [2.45, 2.75) is 66.0 Å². The fourth-order valence-corrected chi connectivity index (χ4v) is 12.2. The zero-order chi connectivity index (χ0) is 17.4. The Labute approximate surface area is 180 Å². The van der Waals surface area contributed by atoms with Crippen molar-refractivity contribution >= 4 is 39.5 Å². The van der Waals surface area contributed by atoms with Crippen LogP contribution in [-0.4, -0.2) is 15.1 Å². The van der Waals surface area contributed by atoms with Crippen LogP contribution in [0.2, 0.25) is 5.04 Å². The maximum absolute atomic E-state index is 3.92. The molecule has 0 saturated carbocycles. The Bertz CT molecular complexity index is 677. The van der Waals surface area contributed by atoms with E-state index in [0.29, 0.717) is 5.04 Å². The summed E-state index contributed by atoms with van der Waals surface area (Å²) < 4.78 is 5.74. The van der Waals surface area contributed by atoms with Gasteiger partial charge in [0, 0.05) is 0 Å². The molecule has 1 aliphatic rings. The second kappa shape index (κ2) is 9.50. The Hall–Kier alpha value is 0.327. The van der Waals surface area contributed by atoms with Gasteiger partial charge in [-0.1, -0.05) is 0 Å². The van der Waals surface area contributed by atoms with Gasteiger partial charge in [-0.25, -0.2) is 0 Å². The average molecular weight is 565 g/mol. The summed E-state index contributed by atoms with van der Waals surface area (Å²) in [5.41, 5.74) is 6.53. The molecule has 1 nitrogen and oxygen atoms in total. The molecule has 0 amide bonds. The van der Waals surface area contributed by atoms with Gasteiger partial charge in [0.05, 0.1) is 0 Å². The minimum Gasteiger partial charge on any atom is -0.147 e. The van der Waals surface area contributed by atoms with E-state index in [1.54, 1.807) is 21.9 Å². The maximum Gasteiger partial charge on any atom is -0.147 e. The standard InChI is InChI=1S/C16H21Si.C4H10N.2ClH.Hf/c1-11-8-6-7-9-15(11)17-16(5)10-12(2)13(3)14(16)4;1-4(2,3)5;;;/h6-9H,17H2,1-5H3;5H,1-3H3;2*1H;/q;-1;;;+1. The molecule has 1 atom stereocenters. The van der Waals surface area contributed by atoms with Crippen LogP contribution in [0.25, 0.3) is 0 Å². The fourth-order valence-electron chi connectivity index (χ4n) is 3.38. The molecule has 0 bridgehead atoms. The van der Waals surface area contributed by atoms with E-state index in [1.165, 1.54) is 5.56 Å². The topological polar surface area (TPSA) is 12.0 Å². The predicted octanol–water partition coefficient (Wildman–Crippen LogP) is 4.82. The second-order valence-electron chi connectivity index (χ2n) is 8.19. The number of nitrogens with one attached hydrogen (secondary N) is 1. The van der Waals surface area contributed by atoms with Crippen molar-refractivity contribution in [3.8, 4) is 0 Å². The van der Waals surface area contributed by atoms with Gasteiger partial charge in [0.15, 0.2) is 0 Å². The van der Waals surface area contributed by atoms with Gasteiger partial charge in [0.1, 0.15) is 0 Å². The third-order valence-electron chi connectivity index (χ3n) is 5.25. The minimum absolute atomic E-state index is 0. The van der Waals surface area contributed by atoms with Crippen LogP contribution < -0.4 is 8.49 Å². The van der Waals surface area contributed by atoms with E-state index in [0.717, 1.165) is 0 Å². The minimum atomic E-state index is -1.01. The molecule has 2 rings (SSSR count). The molecule has 140 valence electrons. The van der Waals surface area contributed by atoms with Crippen LogP contribution in [-0.2, 0) is 23.2 Å². The van der Waals surface area contributed by atoms with Crippen molar-refractivity contribution in [3.63, 3.8) is 0 Å². The third-order valence-corrected chi connectivity index (χ3v) is 16.7. The average Bonchev–Trinajstić information content (AvgIpc) is 2.61. The number of allylic oxidation sites excluding steroid dienone is 4. The van der Waals surface area contributed by atoms with Crippen molar-refractivity contribution in [2.24, 2.45) is 0 Å². The quantitative estimate of drug-likeness (QED) is 0.517. The van der Waals surface area contributed by atoms with Gasteiger partial charge in [-0.2, -0.15) is 0 Å². The van der Waals surface area contributed by atoms with Gasteiger partial charge in [-0.15, -0.1) is 24.8 Å². The Morgan fingerprint density at radius 3 is 2.04 bits per heavy atom. The first-order chi connectivity index (χ1) is 10.6. The van der Waals surface area contributed by atoms with E-state index in [2.05, 4.69) is 83.0 Å². The second-order valence-corrected chi connectivity index (χ2v) is 14.3. The van der Waals surface area contributed by atoms with Crippen LogP contribution in [0, 0.1) is 6.92 Å². The van der Waals surface area contributed by atoms with Crippen LogP contribution in [0.3, 0.4) is 0 Å². The number of benzene rings is 1. The molecule has 25 heavy (non-hydrogen) atoms. The van der Waals surface area contributed by atoms with E-state index in [9.17, 15) is 0 Å². The predicted molar refractivity (Wildman–Crippen MR) is 116 cm³/mol. The Morgan fingerprint density at radius 1 is 0.960 bits per heavy atom. The summed E-state index contributed by atoms with van der Waals surface area (Å²) >= 11 is -1.01. The van der Waals surface area contributed by atoms with Crippen molar-refractivity contribution in [3.05, 3.63) is 49.9 Å². The van der Waals surface area contributed by atoms with E-state index < -0.39 is 32.7 Å². The van der Waals surface area contributed by atoms with Gasteiger partial charge >= 0.3 is 157 Å². The Kier molecular flexibility index (Phi) is 9.63. The molecule has 0 fully saturated rings. The van der Waals surface area contributed by atoms with Gasteiger partial charge in [-0.3, -0.25) is 0 Å². The van der Waals surface area contributed by atoms with E-state index in [4.69, 9.17) is 0 Å². The van der Waals surface area contributed by atoms with Crippen LogP contribution >= 0.6 is 24.8 Å². The molecular weight excluding hydrogens is 532 g/mol. The summed E-state index contributed by atoms with van der Waals surface area (Å²) in [6.45, 7) is 18.8.